The molecular formula is C12H15BrN2O4S. The monoisotopic (exact) mass is 362 g/mol. The Labute approximate surface area is 126 Å². The number of hydrogen-bond acceptors (Lipinski definition) is 5. The van der Waals surface area contributed by atoms with Gasteiger partial charge in [-0.15, -0.1) is 0 Å². The minimum absolute atomic E-state index is 0.0721. The lowest BCUT2D eigenvalue weighted by Crippen LogP contribution is -2.47. The number of rotatable bonds is 3. The van der Waals surface area contributed by atoms with Crippen LogP contribution in [0.3, 0.4) is 0 Å². The van der Waals surface area contributed by atoms with Crippen molar-refractivity contribution in [3.05, 3.63) is 33.9 Å². The van der Waals surface area contributed by atoms with E-state index in [4.69, 9.17) is 0 Å². The summed E-state index contributed by atoms with van der Waals surface area (Å²) in [4.78, 5) is 12.5. The maximum absolute atomic E-state index is 11.6. The Hall–Kier alpha value is -1.15. The van der Waals surface area contributed by atoms with E-state index in [0.717, 1.165) is 5.69 Å². The fourth-order valence-electron chi connectivity index (χ4n) is 2.42. The van der Waals surface area contributed by atoms with E-state index >= 15 is 0 Å². The van der Waals surface area contributed by atoms with Crippen molar-refractivity contribution in [2.45, 2.75) is 18.3 Å². The van der Waals surface area contributed by atoms with E-state index in [2.05, 4.69) is 15.9 Å². The van der Waals surface area contributed by atoms with Crippen LogP contribution in [0.4, 0.5) is 11.4 Å². The van der Waals surface area contributed by atoms with Crippen molar-refractivity contribution in [3.8, 4) is 0 Å². The van der Waals surface area contributed by atoms with Crippen molar-refractivity contribution in [2.75, 3.05) is 23.0 Å². The highest BCUT2D eigenvalue weighted by atomic mass is 79.9. The molecule has 0 N–H and O–H groups in total. The third-order valence-electron chi connectivity index (χ3n) is 3.41. The van der Waals surface area contributed by atoms with E-state index in [-0.39, 0.29) is 23.2 Å². The molecule has 1 heterocycles. The van der Waals surface area contributed by atoms with Crippen LogP contribution in [0, 0.1) is 10.1 Å². The van der Waals surface area contributed by atoms with E-state index in [9.17, 15) is 18.5 Å². The quantitative estimate of drug-likeness (QED) is 0.467. The van der Waals surface area contributed by atoms with Crippen molar-refractivity contribution in [3.63, 3.8) is 0 Å². The van der Waals surface area contributed by atoms with E-state index in [0.29, 0.717) is 17.4 Å². The first-order valence-corrected chi connectivity index (χ1v) is 9.08. The first-order chi connectivity index (χ1) is 9.34. The lowest BCUT2D eigenvalue weighted by molar-refractivity contribution is -0.385. The molecule has 0 bridgehead atoms. The minimum Gasteiger partial charge on any atom is -0.367 e. The molecule has 0 radical (unpaired) electrons. The third kappa shape index (κ3) is 3.12. The van der Waals surface area contributed by atoms with Gasteiger partial charge in [-0.05, 0) is 19.1 Å². The van der Waals surface area contributed by atoms with Crippen LogP contribution >= 0.6 is 15.9 Å². The predicted molar refractivity (Wildman–Crippen MR) is 81.2 cm³/mol. The normalized spacial score (nSPS) is 21.7. The van der Waals surface area contributed by atoms with Gasteiger partial charge in [-0.25, -0.2) is 8.42 Å². The van der Waals surface area contributed by atoms with E-state index in [1.807, 2.05) is 11.8 Å². The van der Waals surface area contributed by atoms with Crippen molar-refractivity contribution >= 4 is 37.1 Å². The average molecular weight is 363 g/mol. The molecule has 6 nitrogen and oxygen atoms in total. The molecule has 2 rings (SSSR count). The molecule has 1 unspecified atom stereocenters. The summed E-state index contributed by atoms with van der Waals surface area (Å²) in [7, 11) is -2.97. The molecule has 1 aliphatic heterocycles. The number of alkyl halides is 1. The number of anilines is 1. The largest absolute Gasteiger partial charge is 0.367 e. The zero-order valence-corrected chi connectivity index (χ0v) is 13.4. The summed E-state index contributed by atoms with van der Waals surface area (Å²) in [6.45, 7) is 2.27. The molecule has 0 amide bonds. The lowest BCUT2D eigenvalue weighted by Gasteiger charge is -2.35. The zero-order valence-electron chi connectivity index (χ0n) is 11.0. The lowest BCUT2D eigenvalue weighted by atomic mass is 10.1. The van der Waals surface area contributed by atoms with Crippen LogP contribution in [-0.4, -0.2) is 37.4 Å². The zero-order chi connectivity index (χ0) is 14.9. The molecule has 1 atom stereocenters. The second kappa shape index (κ2) is 5.69. The van der Waals surface area contributed by atoms with Crippen LogP contribution in [-0.2, 0) is 15.2 Å². The Balaban J connectivity index is 2.32. The van der Waals surface area contributed by atoms with Crippen LogP contribution in [0.2, 0.25) is 0 Å². The van der Waals surface area contributed by atoms with Gasteiger partial charge in [0.25, 0.3) is 5.69 Å². The smallest absolute Gasteiger partial charge is 0.273 e. The molecule has 0 aromatic heterocycles. The molecule has 0 spiro atoms. The molecule has 1 saturated heterocycles. The number of benzene rings is 1. The molecule has 8 heteroatoms. The van der Waals surface area contributed by atoms with Gasteiger partial charge in [-0.2, -0.15) is 0 Å². The van der Waals surface area contributed by atoms with Gasteiger partial charge in [0.1, 0.15) is 0 Å². The first kappa shape index (κ1) is 15.2. The van der Waals surface area contributed by atoms with Gasteiger partial charge < -0.3 is 4.90 Å². The SMILES string of the molecule is CC1CS(=O)(=O)CCN1c1ccc([N+](=O)[O-])c(CBr)c1. The Bertz CT molecular complexity index is 632. The van der Waals surface area contributed by atoms with E-state index in [1.54, 1.807) is 12.1 Å². The Morgan fingerprint density at radius 3 is 2.75 bits per heavy atom. The van der Waals surface area contributed by atoms with Gasteiger partial charge in [-0.3, -0.25) is 10.1 Å². The van der Waals surface area contributed by atoms with Crippen LogP contribution in [0.1, 0.15) is 12.5 Å². The Morgan fingerprint density at radius 1 is 1.50 bits per heavy atom. The van der Waals surface area contributed by atoms with Crippen LogP contribution in [0.25, 0.3) is 0 Å². The molecule has 0 aliphatic carbocycles. The summed E-state index contributed by atoms with van der Waals surface area (Å²) in [6.07, 6.45) is 0. The average Bonchev–Trinajstić information content (AvgIpc) is 2.36. The molecule has 1 aromatic rings. The number of sulfone groups is 1. The van der Waals surface area contributed by atoms with E-state index in [1.165, 1.54) is 6.07 Å². The number of nitro groups is 1. The summed E-state index contributed by atoms with van der Waals surface area (Å²) >= 11 is 3.25. The van der Waals surface area contributed by atoms with Crippen molar-refractivity contribution < 1.29 is 13.3 Å². The highest BCUT2D eigenvalue weighted by Gasteiger charge is 2.29. The topological polar surface area (TPSA) is 80.5 Å². The molecule has 1 fully saturated rings. The summed E-state index contributed by atoms with van der Waals surface area (Å²) in [5.74, 6) is 0.242. The first-order valence-electron chi connectivity index (χ1n) is 6.14. The second-order valence-electron chi connectivity index (χ2n) is 4.86. The van der Waals surface area contributed by atoms with Crippen molar-refractivity contribution in [1.29, 1.82) is 0 Å². The molecule has 0 saturated carbocycles. The molecule has 20 heavy (non-hydrogen) atoms. The summed E-state index contributed by atoms with van der Waals surface area (Å²) in [5.41, 5.74) is 1.49. The predicted octanol–water partition coefficient (Wildman–Crippen LogP) is 2.11. The fraction of sp³-hybridized carbons (Fsp3) is 0.500. The van der Waals surface area contributed by atoms with Gasteiger partial charge in [0.05, 0.1) is 16.4 Å². The molecule has 110 valence electrons. The number of halogens is 1. The van der Waals surface area contributed by atoms with Crippen molar-refractivity contribution in [1.82, 2.24) is 0 Å². The summed E-state index contributed by atoms with van der Waals surface area (Å²) in [6, 6.07) is 4.78. The standard InChI is InChI=1S/C12H15BrN2O4S/c1-9-8-20(18,19)5-4-14(9)11-2-3-12(15(16)17)10(6-11)7-13/h2-3,6,9H,4-5,7-8H2,1H3. The molecular weight excluding hydrogens is 348 g/mol. The summed E-state index contributed by atoms with van der Waals surface area (Å²) < 4.78 is 23.2. The highest BCUT2D eigenvalue weighted by molar-refractivity contribution is 9.08. The molecule has 1 aliphatic rings. The molecule has 1 aromatic carbocycles. The second-order valence-corrected chi connectivity index (χ2v) is 7.65. The van der Waals surface area contributed by atoms with Crippen LogP contribution in [0.5, 0.6) is 0 Å². The fourth-order valence-corrected chi connectivity index (χ4v) is 4.42. The number of hydrogen-bond donors (Lipinski definition) is 0. The van der Waals surface area contributed by atoms with Gasteiger partial charge in [0.2, 0.25) is 0 Å². The van der Waals surface area contributed by atoms with Crippen LogP contribution < -0.4 is 4.90 Å². The van der Waals surface area contributed by atoms with Gasteiger partial charge >= 0.3 is 0 Å². The van der Waals surface area contributed by atoms with Gasteiger partial charge in [-0.1, -0.05) is 15.9 Å². The minimum atomic E-state index is -2.97. The van der Waals surface area contributed by atoms with Crippen LogP contribution in [0.15, 0.2) is 18.2 Å². The van der Waals surface area contributed by atoms with Crippen molar-refractivity contribution in [2.24, 2.45) is 0 Å². The highest BCUT2D eigenvalue weighted by Crippen LogP contribution is 2.29. The van der Waals surface area contributed by atoms with Gasteiger partial charge in [0, 0.05) is 35.2 Å². The Kier molecular flexibility index (Phi) is 4.33. The maximum Gasteiger partial charge on any atom is 0.273 e. The van der Waals surface area contributed by atoms with Gasteiger partial charge in [0.15, 0.2) is 9.84 Å². The Morgan fingerprint density at radius 2 is 2.20 bits per heavy atom. The number of nitro benzene ring substituents is 1. The number of nitrogens with zero attached hydrogens (tertiary/aromatic N) is 2. The maximum atomic E-state index is 11.6. The van der Waals surface area contributed by atoms with E-state index < -0.39 is 14.8 Å². The third-order valence-corrected chi connectivity index (χ3v) is 5.80. The summed E-state index contributed by atoms with van der Waals surface area (Å²) in [5, 5.41) is 11.3.